The number of hydrogen-bond acceptors (Lipinski definition) is 5. The minimum absolute atomic E-state index is 0.0101. The number of nitrogens with zero attached hydrogens (tertiary/aromatic N) is 1. The predicted molar refractivity (Wildman–Crippen MR) is 110 cm³/mol. The summed E-state index contributed by atoms with van der Waals surface area (Å²) in [4.78, 5) is 30.5. The number of esters is 2. The first kappa shape index (κ1) is 23.7. The summed E-state index contributed by atoms with van der Waals surface area (Å²) in [5.74, 6) is -5.85. The summed E-state index contributed by atoms with van der Waals surface area (Å²) in [5, 5.41) is 0. The number of halogens is 2. The van der Waals surface area contributed by atoms with Gasteiger partial charge >= 0.3 is 11.9 Å². The third kappa shape index (κ3) is 5.32. The zero-order chi connectivity index (χ0) is 23.0. The fourth-order valence-corrected chi connectivity index (χ4v) is 3.40. The van der Waals surface area contributed by atoms with Gasteiger partial charge in [-0.3, -0.25) is 9.79 Å². The van der Waals surface area contributed by atoms with Gasteiger partial charge in [-0.25, -0.2) is 13.6 Å². The third-order valence-electron chi connectivity index (χ3n) is 4.42. The lowest BCUT2D eigenvalue weighted by molar-refractivity contribution is -0.158. The molecular weight excluding hydrogens is 392 g/mol. The number of benzene rings is 1. The number of allylic oxidation sites excluding steroid dienone is 1. The van der Waals surface area contributed by atoms with Crippen molar-refractivity contribution in [2.75, 3.05) is 0 Å². The molecule has 164 valence electrons. The van der Waals surface area contributed by atoms with Crippen LogP contribution in [0, 0.1) is 17.6 Å². The van der Waals surface area contributed by atoms with Gasteiger partial charge in [0.2, 0.25) is 0 Å². The molecule has 2 atom stereocenters. The van der Waals surface area contributed by atoms with Gasteiger partial charge in [-0.2, -0.15) is 0 Å². The van der Waals surface area contributed by atoms with E-state index in [9.17, 15) is 18.4 Å². The first-order chi connectivity index (χ1) is 13.6. The number of rotatable bonds is 3. The molecule has 1 aromatic carbocycles. The van der Waals surface area contributed by atoms with Crippen LogP contribution in [0.25, 0.3) is 0 Å². The lowest BCUT2D eigenvalue weighted by Gasteiger charge is -2.34. The Kier molecular flexibility index (Phi) is 6.54. The van der Waals surface area contributed by atoms with Gasteiger partial charge in [0, 0.05) is 17.3 Å². The van der Waals surface area contributed by atoms with Crippen molar-refractivity contribution in [1.29, 1.82) is 0 Å². The fourth-order valence-electron chi connectivity index (χ4n) is 3.40. The van der Waals surface area contributed by atoms with E-state index in [0.717, 1.165) is 6.07 Å². The van der Waals surface area contributed by atoms with E-state index in [2.05, 4.69) is 4.99 Å². The summed E-state index contributed by atoms with van der Waals surface area (Å²) in [5.41, 5.74) is -1.12. The zero-order valence-corrected chi connectivity index (χ0v) is 18.7. The van der Waals surface area contributed by atoms with E-state index in [1.807, 2.05) is 0 Å². The molecule has 1 heterocycles. The molecule has 1 aliphatic heterocycles. The molecule has 2 rings (SSSR count). The highest BCUT2D eigenvalue weighted by molar-refractivity contribution is 6.07. The number of aliphatic imine (C=N–C) groups is 1. The Bertz CT molecular complexity index is 920. The van der Waals surface area contributed by atoms with E-state index in [1.165, 1.54) is 12.1 Å². The molecule has 1 aliphatic rings. The smallest absolute Gasteiger partial charge is 0.337 e. The summed E-state index contributed by atoms with van der Waals surface area (Å²) in [6.07, 6.45) is 0. The number of ether oxygens (including phenoxy) is 2. The highest BCUT2D eigenvalue weighted by Gasteiger charge is 2.45. The Labute approximate surface area is 176 Å². The molecule has 0 bridgehead atoms. The summed E-state index contributed by atoms with van der Waals surface area (Å²) < 4.78 is 39.9. The Morgan fingerprint density at radius 2 is 1.53 bits per heavy atom. The molecule has 0 fully saturated rings. The van der Waals surface area contributed by atoms with Crippen LogP contribution in [0.1, 0.15) is 66.9 Å². The van der Waals surface area contributed by atoms with Gasteiger partial charge in [-0.15, -0.1) is 0 Å². The van der Waals surface area contributed by atoms with Gasteiger partial charge < -0.3 is 9.47 Å². The average molecular weight is 421 g/mol. The molecule has 0 radical (unpaired) electrons. The summed E-state index contributed by atoms with van der Waals surface area (Å²) in [6.45, 7) is 13.4. The van der Waals surface area contributed by atoms with Crippen molar-refractivity contribution in [3.8, 4) is 0 Å². The molecule has 0 spiro atoms. The molecule has 1 aromatic rings. The molecule has 0 N–H and O–H groups in total. The van der Waals surface area contributed by atoms with Crippen molar-refractivity contribution >= 4 is 17.7 Å². The van der Waals surface area contributed by atoms with E-state index >= 15 is 0 Å². The van der Waals surface area contributed by atoms with Crippen molar-refractivity contribution in [3.63, 3.8) is 0 Å². The van der Waals surface area contributed by atoms with Gasteiger partial charge in [-0.1, -0.05) is 12.1 Å². The van der Waals surface area contributed by atoms with Crippen LogP contribution >= 0.6 is 0 Å². The van der Waals surface area contributed by atoms with E-state index < -0.39 is 46.6 Å². The SMILES string of the molecule is CC1=NC(C)=C(C(=O)OC(C)(C)C)C(c2cccc(F)c2F)C1C(=O)OC(C)(C)C. The van der Waals surface area contributed by atoms with Crippen molar-refractivity contribution < 1.29 is 27.8 Å². The van der Waals surface area contributed by atoms with Crippen LogP contribution in [0.2, 0.25) is 0 Å². The monoisotopic (exact) mass is 421 g/mol. The molecule has 2 unspecified atom stereocenters. The molecule has 0 aromatic heterocycles. The topological polar surface area (TPSA) is 65.0 Å². The standard InChI is InChI=1S/C23H29F2NO4/c1-12-16(20(27)29-22(3,4)5)18(14-10-9-11-15(24)19(14)25)17(13(2)26-12)21(28)30-23(6,7)8/h9-11,16,18H,1-8H3. The van der Waals surface area contributed by atoms with E-state index in [-0.39, 0.29) is 16.8 Å². The second-order valence-electron chi connectivity index (χ2n) is 9.39. The molecule has 0 aliphatic carbocycles. The van der Waals surface area contributed by atoms with Gasteiger partial charge in [-0.05, 0) is 67.0 Å². The Hall–Kier alpha value is -2.57. The minimum Gasteiger partial charge on any atom is -0.459 e. The quantitative estimate of drug-likeness (QED) is 0.637. The molecule has 0 saturated heterocycles. The Morgan fingerprint density at radius 3 is 2.07 bits per heavy atom. The molecule has 7 heteroatoms. The van der Waals surface area contributed by atoms with Crippen molar-refractivity contribution in [2.45, 2.75) is 72.5 Å². The van der Waals surface area contributed by atoms with E-state index in [0.29, 0.717) is 5.71 Å². The zero-order valence-electron chi connectivity index (χ0n) is 18.7. The highest BCUT2D eigenvalue weighted by atomic mass is 19.2. The minimum atomic E-state index is -1.14. The van der Waals surface area contributed by atoms with Crippen LogP contribution in [-0.2, 0) is 19.1 Å². The van der Waals surface area contributed by atoms with Crippen LogP contribution in [0.3, 0.4) is 0 Å². The molecule has 0 saturated carbocycles. The van der Waals surface area contributed by atoms with Gasteiger partial charge in [0.25, 0.3) is 0 Å². The van der Waals surface area contributed by atoms with Gasteiger partial charge in [0.1, 0.15) is 17.1 Å². The first-order valence-electron chi connectivity index (χ1n) is 9.78. The summed E-state index contributed by atoms with van der Waals surface area (Å²) in [6, 6.07) is 3.68. The molecule has 30 heavy (non-hydrogen) atoms. The van der Waals surface area contributed by atoms with Crippen molar-refractivity contribution in [2.24, 2.45) is 10.9 Å². The predicted octanol–water partition coefficient (Wildman–Crippen LogP) is 5.10. The Morgan fingerprint density at radius 1 is 0.967 bits per heavy atom. The molecule has 5 nitrogen and oxygen atoms in total. The second kappa shape index (κ2) is 8.28. The van der Waals surface area contributed by atoms with E-state index in [4.69, 9.17) is 9.47 Å². The van der Waals surface area contributed by atoms with Crippen molar-refractivity contribution in [3.05, 3.63) is 46.7 Å². The maximum atomic E-state index is 14.8. The van der Waals surface area contributed by atoms with Crippen LogP contribution < -0.4 is 0 Å². The Balaban J connectivity index is 2.71. The molecular formula is C23H29F2NO4. The van der Waals surface area contributed by atoms with Gasteiger partial charge in [0.15, 0.2) is 11.6 Å². The lowest BCUT2D eigenvalue weighted by Crippen LogP contribution is -2.40. The maximum absolute atomic E-state index is 14.8. The van der Waals surface area contributed by atoms with Gasteiger partial charge in [0.05, 0.1) is 5.57 Å². The lowest BCUT2D eigenvalue weighted by atomic mass is 9.75. The van der Waals surface area contributed by atoms with Crippen LogP contribution in [0.15, 0.2) is 34.5 Å². The summed E-state index contributed by atoms with van der Waals surface area (Å²) in [7, 11) is 0. The van der Waals surface area contributed by atoms with Crippen LogP contribution in [0.5, 0.6) is 0 Å². The third-order valence-corrected chi connectivity index (χ3v) is 4.42. The first-order valence-corrected chi connectivity index (χ1v) is 9.78. The highest BCUT2D eigenvalue weighted by Crippen LogP contribution is 2.42. The fraction of sp³-hybridized carbons (Fsp3) is 0.522. The van der Waals surface area contributed by atoms with Crippen LogP contribution in [0.4, 0.5) is 8.78 Å². The number of carbonyl (C=O) groups is 2. The second-order valence-corrected chi connectivity index (χ2v) is 9.39. The van der Waals surface area contributed by atoms with Crippen LogP contribution in [-0.4, -0.2) is 28.9 Å². The van der Waals surface area contributed by atoms with Crippen molar-refractivity contribution in [1.82, 2.24) is 0 Å². The maximum Gasteiger partial charge on any atom is 0.337 e. The average Bonchev–Trinajstić information content (AvgIpc) is 2.53. The number of carbonyl (C=O) groups excluding carboxylic acids is 2. The number of hydrogen-bond donors (Lipinski definition) is 0. The normalized spacial score (nSPS) is 20.0. The largest absolute Gasteiger partial charge is 0.459 e. The molecule has 0 amide bonds. The summed E-state index contributed by atoms with van der Waals surface area (Å²) >= 11 is 0. The van der Waals surface area contributed by atoms with E-state index in [1.54, 1.807) is 55.4 Å².